The third-order valence-electron chi connectivity index (χ3n) is 1.78. The lowest BCUT2D eigenvalue weighted by Gasteiger charge is -2.14. The summed E-state index contributed by atoms with van der Waals surface area (Å²) < 4.78 is 5.07. The Balaban J connectivity index is 3.51. The molecule has 0 spiro atoms. The Bertz CT molecular complexity index is 128. The van der Waals surface area contributed by atoms with Gasteiger partial charge in [0.2, 0.25) is 0 Å². The molecule has 2 nitrogen and oxygen atoms in total. The Hall–Kier alpha value is -0.340. The van der Waals surface area contributed by atoms with E-state index in [9.17, 15) is 0 Å². The highest BCUT2D eigenvalue weighted by Gasteiger charge is 2.01. The average molecular weight is 171 g/mol. The average Bonchev–Trinajstić information content (AvgIpc) is 2.02. The van der Waals surface area contributed by atoms with Crippen molar-refractivity contribution in [2.45, 2.75) is 33.2 Å². The highest BCUT2D eigenvalue weighted by Crippen LogP contribution is 1.92. The Morgan fingerprint density at radius 1 is 1.50 bits per heavy atom. The molecule has 0 aliphatic carbocycles. The van der Waals surface area contributed by atoms with Crippen LogP contribution in [0.5, 0.6) is 0 Å². The molecule has 0 radical (unpaired) electrons. The van der Waals surface area contributed by atoms with E-state index in [1.54, 1.807) is 7.11 Å². The van der Waals surface area contributed by atoms with Gasteiger partial charge in [0.15, 0.2) is 0 Å². The van der Waals surface area contributed by atoms with Gasteiger partial charge < -0.3 is 10.1 Å². The third-order valence-corrected chi connectivity index (χ3v) is 1.78. The molecule has 0 aliphatic rings. The molecule has 0 aliphatic heterocycles. The Labute approximate surface area is 76.0 Å². The van der Waals surface area contributed by atoms with Crippen molar-refractivity contribution in [3.63, 3.8) is 0 Å². The highest BCUT2D eigenvalue weighted by molar-refractivity contribution is 4.94. The van der Waals surface area contributed by atoms with Gasteiger partial charge in [-0.25, -0.2) is 0 Å². The molecule has 0 rings (SSSR count). The minimum absolute atomic E-state index is 0.491. The van der Waals surface area contributed by atoms with Crippen molar-refractivity contribution in [1.29, 1.82) is 0 Å². The maximum absolute atomic E-state index is 5.07. The van der Waals surface area contributed by atoms with E-state index in [1.165, 1.54) is 5.57 Å². The quantitative estimate of drug-likeness (QED) is 0.617. The minimum atomic E-state index is 0.491. The zero-order valence-corrected chi connectivity index (χ0v) is 8.68. The minimum Gasteiger partial charge on any atom is -0.383 e. The summed E-state index contributed by atoms with van der Waals surface area (Å²) >= 11 is 0. The number of hydrogen-bond acceptors (Lipinski definition) is 2. The van der Waals surface area contributed by atoms with Crippen LogP contribution in [0.4, 0.5) is 0 Å². The van der Waals surface area contributed by atoms with Crippen molar-refractivity contribution < 1.29 is 4.74 Å². The van der Waals surface area contributed by atoms with Crippen molar-refractivity contribution in [2.75, 3.05) is 20.3 Å². The van der Waals surface area contributed by atoms with Gasteiger partial charge in [-0.2, -0.15) is 0 Å². The van der Waals surface area contributed by atoms with E-state index in [4.69, 9.17) is 4.74 Å². The van der Waals surface area contributed by atoms with E-state index in [-0.39, 0.29) is 0 Å². The second-order valence-electron chi connectivity index (χ2n) is 3.25. The second-order valence-corrected chi connectivity index (χ2v) is 3.25. The third kappa shape index (κ3) is 6.38. The van der Waals surface area contributed by atoms with Crippen LogP contribution in [-0.4, -0.2) is 26.3 Å². The molecular formula is C10H21NO. The first kappa shape index (κ1) is 11.7. The van der Waals surface area contributed by atoms with Crippen LogP contribution in [-0.2, 0) is 4.74 Å². The SMILES string of the molecule is CCC(COC)NCC=C(C)C. The van der Waals surface area contributed by atoms with Gasteiger partial charge in [0.25, 0.3) is 0 Å². The summed E-state index contributed by atoms with van der Waals surface area (Å²) in [6, 6.07) is 0.491. The summed E-state index contributed by atoms with van der Waals surface area (Å²) in [5.41, 5.74) is 1.36. The molecule has 0 aromatic rings. The van der Waals surface area contributed by atoms with E-state index in [0.717, 1.165) is 19.6 Å². The van der Waals surface area contributed by atoms with Crippen molar-refractivity contribution >= 4 is 0 Å². The summed E-state index contributed by atoms with van der Waals surface area (Å²) in [5, 5.41) is 3.40. The molecular weight excluding hydrogens is 150 g/mol. The van der Waals surface area contributed by atoms with Crippen molar-refractivity contribution in [3.8, 4) is 0 Å². The second kappa shape index (κ2) is 7.32. The molecule has 0 aromatic carbocycles. The van der Waals surface area contributed by atoms with Gasteiger partial charge in [0.05, 0.1) is 6.61 Å². The first-order chi connectivity index (χ1) is 5.70. The van der Waals surface area contributed by atoms with Gasteiger partial charge in [-0.15, -0.1) is 0 Å². The lowest BCUT2D eigenvalue weighted by molar-refractivity contribution is 0.166. The topological polar surface area (TPSA) is 21.3 Å². The van der Waals surface area contributed by atoms with Crippen LogP contribution in [0.25, 0.3) is 0 Å². The Morgan fingerprint density at radius 2 is 2.17 bits per heavy atom. The van der Waals surface area contributed by atoms with Gasteiger partial charge >= 0.3 is 0 Å². The molecule has 0 bridgehead atoms. The predicted molar refractivity (Wildman–Crippen MR) is 53.4 cm³/mol. The van der Waals surface area contributed by atoms with Crippen LogP contribution in [0.15, 0.2) is 11.6 Å². The molecule has 1 unspecified atom stereocenters. The van der Waals surface area contributed by atoms with Gasteiger partial charge in [-0.3, -0.25) is 0 Å². The summed E-state index contributed by atoms with van der Waals surface area (Å²) in [4.78, 5) is 0. The fourth-order valence-corrected chi connectivity index (χ4v) is 0.952. The molecule has 0 saturated carbocycles. The molecule has 0 saturated heterocycles. The maximum atomic E-state index is 5.07. The smallest absolute Gasteiger partial charge is 0.0615 e. The normalized spacial score (nSPS) is 12.7. The first-order valence-electron chi connectivity index (χ1n) is 4.56. The first-order valence-corrected chi connectivity index (χ1v) is 4.56. The van der Waals surface area contributed by atoms with Crippen LogP contribution >= 0.6 is 0 Å². The van der Waals surface area contributed by atoms with Crippen LogP contribution in [0.1, 0.15) is 27.2 Å². The molecule has 2 heteroatoms. The molecule has 1 N–H and O–H groups in total. The number of nitrogens with one attached hydrogen (secondary N) is 1. The van der Waals surface area contributed by atoms with Crippen molar-refractivity contribution in [1.82, 2.24) is 5.32 Å². The zero-order valence-electron chi connectivity index (χ0n) is 8.68. The summed E-state index contributed by atoms with van der Waals surface area (Å²) in [6.07, 6.45) is 3.31. The Morgan fingerprint density at radius 3 is 2.58 bits per heavy atom. The number of methoxy groups -OCH3 is 1. The van der Waals surface area contributed by atoms with Gasteiger partial charge in [0.1, 0.15) is 0 Å². The van der Waals surface area contributed by atoms with Gasteiger partial charge in [0, 0.05) is 19.7 Å². The summed E-state index contributed by atoms with van der Waals surface area (Å²) in [6.45, 7) is 8.13. The van der Waals surface area contributed by atoms with E-state index in [1.807, 2.05) is 0 Å². The van der Waals surface area contributed by atoms with Crippen LogP contribution in [0.2, 0.25) is 0 Å². The van der Waals surface area contributed by atoms with Crippen LogP contribution in [0, 0.1) is 0 Å². The summed E-state index contributed by atoms with van der Waals surface area (Å²) in [7, 11) is 1.74. The Kier molecular flexibility index (Phi) is 7.11. The number of rotatable bonds is 6. The largest absolute Gasteiger partial charge is 0.383 e. The predicted octanol–water partition coefficient (Wildman–Crippen LogP) is 1.97. The monoisotopic (exact) mass is 171 g/mol. The molecule has 0 aromatic heterocycles. The fourth-order valence-electron chi connectivity index (χ4n) is 0.952. The van der Waals surface area contributed by atoms with E-state index >= 15 is 0 Å². The number of hydrogen-bond donors (Lipinski definition) is 1. The number of ether oxygens (including phenoxy) is 1. The lowest BCUT2D eigenvalue weighted by Crippen LogP contribution is -2.32. The van der Waals surface area contributed by atoms with E-state index in [2.05, 4.69) is 32.2 Å². The standard InChI is InChI=1S/C10H21NO/c1-5-10(8-12-4)11-7-6-9(2)3/h6,10-11H,5,7-8H2,1-4H3. The molecule has 0 fully saturated rings. The van der Waals surface area contributed by atoms with Gasteiger partial charge in [-0.05, 0) is 20.3 Å². The lowest BCUT2D eigenvalue weighted by atomic mass is 10.2. The van der Waals surface area contributed by atoms with E-state index in [0.29, 0.717) is 6.04 Å². The fraction of sp³-hybridized carbons (Fsp3) is 0.800. The van der Waals surface area contributed by atoms with Crippen LogP contribution in [0.3, 0.4) is 0 Å². The highest BCUT2D eigenvalue weighted by atomic mass is 16.5. The zero-order chi connectivity index (χ0) is 9.40. The van der Waals surface area contributed by atoms with Crippen molar-refractivity contribution in [2.24, 2.45) is 0 Å². The van der Waals surface area contributed by atoms with Gasteiger partial charge in [-0.1, -0.05) is 18.6 Å². The molecule has 0 heterocycles. The molecule has 1 atom stereocenters. The van der Waals surface area contributed by atoms with E-state index < -0.39 is 0 Å². The maximum Gasteiger partial charge on any atom is 0.0615 e. The van der Waals surface area contributed by atoms with Crippen molar-refractivity contribution in [3.05, 3.63) is 11.6 Å². The summed E-state index contributed by atoms with van der Waals surface area (Å²) in [5.74, 6) is 0. The molecule has 72 valence electrons. The number of allylic oxidation sites excluding steroid dienone is 1. The molecule has 0 amide bonds. The molecule has 12 heavy (non-hydrogen) atoms. The van der Waals surface area contributed by atoms with Crippen LogP contribution < -0.4 is 5.32 Å².